The van der Waals surface area contributed by atoms with Gasteiger partial charge in [-0.25, -0.2) is 4.98 Å². The Morgan fingerprint density at radius 1 is 1.08 bits per heavy atom. The van der Waals surface area contributed by atoms with Gasteiger partial charge in [-0.3, -0.25) is 9.59 Å². The molecule has 2 aromatic carbocycles. The van der Waals surface area contributed by atoms with Crippen LogP contribution in [-0.2, 0) is 5.60 Å². The third kappa shape index (κ3) is 2.99. The molecule has 0 aliphatic carbocycles. The summed E-state index contributed by atoms with van der Waals surface area (Å²) in [5, 5.41) is 9.64. The highest BCUT2D eigenvalue weighted by atomic mass is 19.4. The van der Waals surface area contributed by atoms with Gasteiger partial charge in [0.15, 0.2) is 11.6 Å². The van der Waals surface area contributed by atoms with Gasteiger partial charge in [-0.2, -0.15) is 13.2 Å². The highest BCUT2D eigenvalue weighted by Crippen LogP contribution is 2.36. The highest BCUT2D eigenvalue weighted by molar-refractivity contribution is 6.10. The number of carbonyl (C=O) groups is 1. The van der Waals surface area contributed by atoms with E-state index in [2.05, 4.69) is 4.98 Å². The first-order valence-electron chi connectivity index (χ1n) is 7.54. The number of hydrogen-bond acceptors (Lipinski definition) is 4. The lowest BCUT2D eigenvalue weighted by atomic mass is 10.0. The van der Waals surface area contributed by atoms with Gasteiger partial charge in [-0.15, -0.1) is 0 Å². The van der Waals surface area contributed by atoms with E-state index < -0.39 is 23.2 Å². The monoisotopic (exact) mass is 362 g/mol. The molecule has 3 aromatic rings. The van der Waals surface area contributed by atoms with Crippen molar-refractivity contribution in [3.05, 3.63) is 75.8 Å². The number of nitrogens with one attached hydrogen (secondary N) is 1. The average molecular weight is 362 g/mol. The Morgan fingerprint density at radius 3 is 2.35 bits per heavy atom. The Hall–Kier alpha value is -3.00. The molecule has 3 rings (SSSR count). The van der Waals surface area contributed by atoms with Crippen molar-refractivity contribution >= 4 is 16.7 Å². The third-order valence-electron chi connectivity index (χ3n) is 4.02. The number of H-pyrrole nitrogens is 1. The summed E-state index contributed by atoms with van der Waals surface area (Å²) < 4.78 is 38.9. The van der Waals surface area contributed by atoms with Crippen LogP contribution in [0.2, 0.25) is 0 Å². The fraction of sp³-hybridized carbons (Fsp3) is 0.167. The zero-order valence-corrected chi connectivity index (χ0v) is 13.5. The molecule has 0 bridgehead atoms. The Morgan fingerprint density at radius 2 is 1.73 bits per heavy atom. The van der Waals surface area contributed by atoms with Crippen molar-refractivity contribution in [1.29, 1.82) is 0 Å². The number of rotatable bonds is 3. The van der Waals surface area contributed by atoms with E-state index in [1.54, 1.807) is 30.3 Å². The number of ketones is 1. The average Bonchev–Trinajstić information content (AvgIpc) is 2.60. The molecular weight excluding hydrogens is 349 g/mol. The number of hydrogen-bond donors (Lipinski definition) is 2. The Labute approximate surface area is 145 Å². The van der Waals surface area contributed by atoms with Crippen molar-refractivity contribution < 1.29 is 23.1 Å². The van der Waals surface area contributed by atoms with Gasteiger partial charge in [-0.1, -0.05) is 30.3 Å². The fourth-order valence-electron chi connectivity index (χ4n) is 2.40. The standard InChI is InChI=1S/C18H13F3N2O3/c1-17(26,18(19,20)21)16-22-13-8-7-11(9-12(13)15(25)23-16)14(24)10-5-3-2-4-6-10/h2-9,26H,1H3,(H,22,23,25). The van der Waals surface area contributed by atoms with Gasteiger partial charge in [0, 0.05) is 11.1 Å². The van der Waals surface area contributed by atoms with Crippen LogP contribution < -0.4 is 5.56 Å². The van der Waals surface area contributed by atoms with E-state index in [1.807, 2.05) is 4.98 Å². The molecule has 0 saturated carbocycles. The molecule has 134 valence electrons. The van der Waals surface area contributed by atoms with Gasteiger partial charge in [0.1, 0.15) is 0 Å². The van der Waals surface area contributed by atoms with E-state index in [-0.39, 0.29) is 22.2 Å². The molecule has 0 aliphatic rings. The number of nitrogens with zero attached hydrogens (tertiary/aromatic N) is 1. The summed E-state index contributed by atoms with van der Waals surface area (Å²) in [4.78, 5) is 30.3. The van der Waals surface area contributed by atoms with Crippen LogP contribution in [0.3, 0.4) is 0 Å². The summed E-state index contributed by atoms with van der Waals surface area (Å²) in [6.45, 7) is 0.504. The predicted molar refractivity (Wildman–Crippen MR) is 87.9 cm³/mol. The van der Waals surface area contributed by atoms with Crippen molar-refractivity contribution in [2.24, 2.45) is 0 Å². The van der Waals surface area contributed by atoms with E-state index in [4.69, 9.17) is 0 Å². The summed E-state index contributed by atoms with van der Waals surface area (Å²) >= 11 is 0. The van der Waals surface area contributed by atoms with E-state index in [9.17, 15) is 27.9 Å². The Kier molecular flexibility index (Phi) is 4.15. The van der Waals surface area contributed by atoms with Crippen LogP contribution in [0.5, 0.6) is 0 Å². The topological polar surface area (TPSA) is 83.1 Å². The SMILES string of the molecule is CC(O)(c1nc2ccc(C(=O)c3ccccc3)cc2c(=O)[nH]1)C(F)(F)F. The smallest absolute Gasteiger partial charge is 0.374 e. The fourth-order valence-corrected chi connectivity index (χ4v) is 2.40. The molecule has 0 aliphatic heterocycles. The summed E-state index contributed by atoms with van der Waals surface area (Å²) in [7, 11) is 0. The van der Waals surface area contributed by atoms with Crippen molar-refractivity contribution in [1.82, 2.24) is 9.97 Å². The largest absolute Gasteiger partial charge is 0.424 e. The van der Waals surface area contributed by atoms with Crippen LogP contribution in [0.15, 0.2) is 53.3 Å². The molecule has 26 heavy (non-hydrogen) atoms. The number of halogens is 3. The predicted octanol–water partition coefficient (Wildman–Crippen LogP) is 2.92. The number of carbonyl (C=O) groups excluding carboxylic acids is 1. The molecular formula is C18H13F3N2O3. The van der Waals surface area contributed by atoms with E-state index in [0.717, 1.165) is 0 Å². The first kappa shape index (κ1) is 17.8. The lowest BCUT2D eigenvalue weighted by molar-refractivity contribution is -0.261. The minimum absolute atomic E-state index is 0.0477. The molecule has 1 atom stereocenters. The van der Waals surface area contributed by atoms with E-state index in [0.29, 0.717) is 12.5 Å². The zero-order valence-electron chi connectivity index (χ0n) is 13.5. The maximum Gasteiger partial charge on any atom is 0.424 e. The van der Waals surface area contributed by atoms with Crippen molar-refractivity contribution in [3.8, 4) is 0 Å². The molecule has 0 spiro atoms. The Bertz CT molecular complexity index is 1040. The number of aliphatic hydroxyl groups is 1. The summed E-state index contributed by atoms with van der Waals surface area (Å²) in [6.07, 6.45) is -5.01. The van der Waals surface area contributed by atoms with Crippen LogP contribution in [0.1, 0.15) is 28.7 Å². The van der Waals surface area contributed by atoms with Crippen LogP contribution in [0.4, 0.5) is 13.2 Å². The minimum Gasteiger partial charge on any atom is -0.374 e. The Balaban J connectivity index is 2.11. The lowest BCUT2D eigenvalue weighted by Gasteiger charge is -2.25. The van der Waals surface area contributed by atoms with Gasteiger partial charge in [-0.05, 0) is 25.1 Å². The number of aromatic amines is 1. The normalized spacial score (nSPS) is 14.2. The number of aromatic nitrogens is 2. The minimum atomic E-state index is -5.01. The summed E-state index contributed by atoms with van der Waals surface area (Å²) in [6, 6.07) is 12.3. The summed E-state index contributed by atoms with van der Waals surface area (Å²) in [5.41, 5.74) is -3.63. The van der Waals surface area contributed by atoms with Gasteiger partial charge < -0.3 is 10.1 Å². The van der Waals surface area contributed by atoms with Crippen LogP contribution >= 0.6 is 0 Å². The van der Waals surface area contributed by atoms with E-state index in [1.165, 1.54) is 18.2 Å². The zero-order chi connectivity index (χ0) is 19.1. The van der Waals surface area contributed by atoms with Gasteiger partial charge in [0.25, 0.3) is 5.56 Å². The quantitative estimate of drug-likeness (QED) is 0.702. The summed E-state index contributed by atoms with van der Waals surface area (Å²) in [5.74, 6) is -1.25. The maximum atomic E-state index is 13.0. The molecule has 5 nitrogen and oxygen atoms in total. The van der Waals surface area contributed by atoms with Crippen LogP contribution in [-0.4, -0.2) is 27.0 Å². The molecule has 8 heteroatoms. The number of alkyl halides is 3. The number of fused-ring (bicyclic) bond motifs is 1. The van der Waals surface area contributed by atoms with E-state index >= 15 is 0 Å². The first-order valence-corrected chi connectivity index (χ1v) is 7.54. The number of benzene rings is 2. The van der Waals surface area contributed by atoms with Crippen LogP contribution in [0, 0.1) is 0 Å². The third-order valence-corrected chi connectivity index (χ3v) is 4.02. The highest BCUT2D eigenvalue weighted by Gasteiger charge is 2.53. The van der Waals surface area contributed by atoms with Crippen LogP contribution in [0.25, 0.3) is 10.9 Å². The molecule has 1 heterocycles. The van der Waals surface area contributed by atoms with Gasteiger partial charge in [0.05, 0.1) is 10.9 Å². The molecule has 0 fully saturated rings. The lowest BCUT2D eigenvalue weighted by Crippen LogP contribution is -2.42. The molecule has 1 unspecified atom stereocenters. The van der Waals surface area contributed by atoms with Crippen molar-refractivity contribution in [2.75, 3.05) is 0 Å². The molecule has 0 saturated heterocycles. The second-order valence-corrected chi connectivity index (χ2v) is 5.91. The molecule has 1 aromatic heterocycles. The van der Waals surface area contributed by atoms with Gasteiger partial charge >= 0.3 is 6.18 Å². The first-order chi connectivity index (χ1) is 12.1. The van der Waals surface area contributed by atoms with Crippen molar-refractivity contribution in [2.45, 2.75) is 18.7 Å². The second-order valence-electron chi connectivity index (χ2n) is 5.91. The van der Waals surface area contributed by atoms with Gasteiger partial charge in [0.2, 0.25) is 5.60 Å². The molecule has 0 amide bonds. The molecule has 0 radical (unpaired) electrons. The molecule has 2 N–H and O–H groups in total. The van der Waals surface area contributed by atoms with Crippen molar-refractivity contribution in [3.63, 3.8) is 0 Å². The second kappa shape index (κ2) is 6.06. The maximum absolute atomic E-state index is 13.0.